The Bertz CT molecular complexity index is 468. The van der Waals surface area contributed by atoms with Crippen LogP contribution in [-0.2, 0) is 6.42 Å². The summed E-state index contributed by atoms with van der Waals surface area (Å²) in [5.74, 6) is 0. The normalized spacial score (nSPS) is 12.6. The van der Waals surface area contributed by atoms with Gasteiger partial charge in [0.1, 0.15) is 0 Å². The van der Waals surface area contributed by atoms with Crippen molar-refractivity contribution >= 4 is 11.3 Å². The molecule has 1 atom stereocenters. The highest BCUT2D eigenvalue weighted by molar-refractivity contribution is 7.07. The molecule has 0 spiro atoms. The fourth-order valence-electron chi connectivity index (χ4n) is 2.54. The number of nitrogens with one attached hydrogen (secondary N) is 1. The van der Waals surface area contributed by atoms with Crippen LogP contribution in [0.5, 0.6) is 0 Å². The highest BCUT2D eigenvalue weighted by Gasteiger charge is 2.15. The maximum atomic E-state index is 3.62. The SMILES string of the molecule is CCNC(Cc1ccsc1)c1c(C)cccc1C. The second-order valence-corrected chi connectivity index (χ2v) is 5.53. The van der Waals surface area contributed by atoms with E-state index in [4.69, 9.17) is 0 Å². The summed E-state index contributed by atoms with van der Waals surface area (Å²) in [4.78, 5) is 0. The van der Waals surface area contributed by atoms with Gasteiger partial charge in [-0.2, -0.15) is 11.3 Å². The monoisotopic (exact) mass is 259 g/mol. The van der Waals surface area contributed by atoms with E-state index in [1.807, 2.05) is 0 Å². The van der Waals surface area contributed by atoms with Crippen LogP contribution in [0.1, 0.15) is 35.2 Å². The molecule has 0 aliphatic rings. The molecule has 2 heteroatoms. The minimum Gasteiger partial charge on any atom is -0.310 e. The smallest absolute Gasteiger partial charge is 0.0366 e. The molecule has 96 valence electrons. The maximum absolute atomic E-state index is 3.62. The molecule has 1 N–H and O–H groups in total. The molecule has 0 bridgehead atoms. The Balaban J connectivity index is 2.29. The Morgan fingerprint density at radius 2 is 1.89 bits per heavy atom. The first-order chi connectivity index (χ1) is 8.72. The van der Waals surface area contributed by atoms with E-state index in [-0.39, 0.29) is 0 Å². The predicted molar refractivity (Wildman–Crippen MR) is 80.4 cm³/mol. The molecule has 1 nitrogen and oxygen atoms in total. The molecule has 0 aliphatic heterocycles. The van der Waals surface area contributed by atoms with Gasteiger partial charge in [0.2, 0.25) is 0 Å². The van der Waals surface area contributed by atoms with E-state index in [9.17, 15) is 0 Å². The summed E-state index contributed by atoms with van der Waals surface area (Å²) < 4.78 is 0. The van der Waals surface area contributed by atoms with Crippen molar-refractivity contribution in [1.29, 1.82) is 0 Å². The number of benzene rings is 1. The van der Waals surface area contributed by atoms with Gasteiger partial charge in [-0.05, 0) is 65.9 Å². The van der Waals surface area contributed by atoms with Crippen molar-refractivity contribution in [2.75, 3.05) is 6.54 Å². The number of thiophene rings is 1. The molecule has 1 aromatic carbocycles. The van der Waals surface area contributed by atoms with Gasteiger partial charge in [0.05, 0.1) is 0 Å². The summed E-state index contributed by atoms with van der Waals surface area (Å²) in [6.45, 7) is 7.59. The molecule has 0 amide bonds. The predicted octanol–water partition coefficient (Wildman–Crippen LogP) is 4.26. The van der Waals surface area contributed by atoms with Crippen molar-refractivity contribution in [1.82, 2.24) is 5.32 Å². The summed E-state index contributed by atoms with van der Waals surface area (Å²) in [5.41, 5.74) is 5.66. The Kier molecular flexibility index (Phi) is 4.56. The minimum absolute atomic E-state index is 0.422. The first-order valence-electron chi connectivity index (χ1n) is 6.53. The van der Waals surface area contributed by atoms with Crippen molar-refractivity contribution in [3.8, 4) is 0 Å². The van der Waals surface area contributed by atoms with Gasteiger partial charge < -0.3 is 5.32 Å². The van der Waals surface area contributed by atoms with Crippen molar-refractivity contribution in [3.63, 3.8) is 0 Å². The summed E-state index contributed by atoms with van der Waals surface area (Å²) in [5, 5.41) is 8.03. The molecule has 2 aromatic rings. The van der Waals surface area contributed by atoms with E-state index in [0.717, 1.165) is 13.0 Å². The van der Waals surface area contributed by atoms with E-state index in [0.29, 0.717) is 6.04 Å². The van der Waals surface area contributed by atoms with Crippen LogP contribution in [0, 0.1) is 13.8 Å². The van der Waals surface area contributed by atoms with Crippen LogP contribution in [0.25, 0.3) is 0 Å². The minimum atomic E-state index is 0.422. The third-order valence-corrected chi connectivity index (χ3v) is 4.09. The highest BCUT2D eigenvalue weighted by Crippen LogP contribution is 2.25. The lowest BCUT2D eigenvalue weighted by Gasteiger charge is -2.22. The molecular formula is C16H21NS. The molecule has 1 aromatic heterocycles. The van der Waals surface area contributed by atoms with Crippen molar-refractivity contribution in [2.24, 2.45) is 0 Å². The third kappa shape index (κ3) is 3.01. The molecule has 0 saturated heterocycles. The van der Waals surface area contributed by atoms with Gasteiger partial charge in [0.15, 0.2) is 0 Å². The van der Waals surface area contributed by atoms with Gasteiger partial charge in [-0.1, -0.05) is 25.1 Å². The van der Waals surface area contributed by atoms with Crippen LogP contribution in [0.2, 0.25) is 0 Å². The van der Waals surface area contributed by atoms with Crippen LogP contribution in [0.3, 0.4) is 0 Å². The fourth-order valence-corrected chi connectivity index (χ4v) is 3.23. The van der Waals surface area contributed by atoms with Crippen LogP contribution < -0.4 is 5.32 Å². The summed E-state index contributed by atoms with van der Waals surface area (Å²) >= 11 is 1.78. The molecule has 18 heavy (non-hydrogen) atoms. The number of hydrogen-bond acceptors (Lipinski definition) is 2. The lowest BCUT2D eigenvalue weighted by atomic mass is 9.92. The molecule has 0 radical (unpaired) electrons. The quantitative estimate of drug-likeness (QED) is 0.846. The summed E-state index contributed by atoms with van der Waals surface area (Å²) in [6, 6.07) is 9.20. The van der Waals surface area contributed by atoms with Crippen molar-refractivity contribution in [3.05, 3.63) is 57.3 Å². The van der Waals surface area contributed by atoms with Crippen molar-refractivity contribution < 1.29 is 0 Å². The zero-order chi connectivity index (χ0) is 13.0. The first-order valence-corrected chi connectivity index (χ1v) is 7.47. The average molecular weight is 259 g/mol. The maximum Gasteiger partial charge on any atom is 0.0366 e. The molecule has 2 rings (SSSR count). The van der Waals surface area contributed by atoms with Crippen LogP contribution in [0.4, 0.5) is 0 Å². The van der Waals surface area contributed by atoms with Gasteiger partial charge in [0, 0.05) is 6.04 Å². The molecule has 0 saturated carbocycles. The van der Waals surface area contributed by atoms with Crippen LogP contribution in [-0.4, -0.2) is 6.54 Å². The standard InChI is InChI=1S/C16H21NS/c1-4-17-15(10-14-8-9-18-11-14)16-12(2)6-5-7-13(16)3/h5-9,11,15,17H,4,10H2,1-3H3. The average Bonchev–Trinajstić information content (AvgIpc) is 2.82. The first kappa shape index (κ1) is 13.3. The van der Waals surface area contributed by atoms with Crippen LogP contribution in [0.15, 0.2) is 35.0 Å². The largest absolute Gasteiger partial charge is 0.310 e. The lowest BCUT2D eigenvalue weighted by Crippen LogP contribution is -2.24. The second-order valence-electron chi connectivity index (χ2n) is 4.75. The molecule has 0 fully saturated rings. The number of hydrogen-bond donors (Lipinski definition) is 1. The van der Waals surface area contributed by atoms with Gasteiger partial charge >= 0.3 is 0 Å². The van der Waals surface area contributed by atoms with E-state index >= 15 is 0 Å². The Morgan fingerprint density at radius 1 is 1.17 bits per heavy atom. The van der Waals surface area contributed by atoms with Crippen molar-refractivity contribution in [2.45, 2.75) is 33.2 Å². The van der Waals surface area contributed by atoms with E-state index in [1.165, 1.54) is 22.3 Å². The van der Waals surface area contributed by atoms with Gasteiger partial charge in [-0.25, -0.2) is 0 Å². The second kappa shape index (κ2) is 6.17. The molecule has 1 heterocycles. The van der Waals surface area contributed by atoms with Gasteiger partial charge in [-0.3, -0.25) is 0 Å². The number of rotatable bonds is 5. The third-order valence-electron chi connectivity index (χ3n) is 3.36. The Morgan fingerprint density at radius 3 is 2.44 bits per heavy atom. The lowest BCUT2D eigenvalue weighted by molar-refractivity contribution is 0.545. The van der Waals surface area contributed by atoms with E-state index in [2.05, 4.69) is 61.1 Å². The topological polar surface area (TPSA) is 12.0 Å². The highest BCUT2D eigenvalue weighted by atomic mass is 32.1. The summed E-state index contributed by atoms with van der Waals surface area (Å²) in [6.07, 6.45) is 1.07. The summed E-state index contributed by atoms with van der Waals surface area (Å²) in [7, 11) is 0. The zero-order valence-corrected chi connectivity index (χ0v) is 12.2. The number of likely N-dealkylation sites (N-methyl/N-ethyl adjacent to an activating group) is 1. The fraction of sp³-hybridized carbons (Fsp3) is 0.375. The number of aryl methyl sites for hydroxylation is 2. The van der Waals surface area contributed by atoms with Gasteiger partial charge in [0.25, 0.3) is 0 Å². The van der Waals surface area contributed by atoms with E-state index < -0.39 is 0 Å². The molecule has 0 aliphatic carbocycles. The van der Waals surface area contributed by atoms with Gasteiger partial charge in [-0.15, -0.1) is 0 Å². The molecular weight excluding hydrogens is 238 g/mol. The molecule has 1 unspecified atom stereocenters. The zero-order valence-electron chi connectivity index (χ0n) is 11.4. The van der Waals surface area contributed by atoms with Crippen LogP contribution >= 0.6 is 11.3 Å². The Hall–Kier alpha value is -1.12. The Labute approximate surface area is 114 Å². The van der Waals surface area contributed by atoms with E-state index in [1.54, 1.807) is 11.3 Å².